The predicted molar refractivity (Wildman–Crippen MR) is 94.3 cm³/mol. The van der Waals surface area contributed by atoms with E-state index in [4.69, 9.17) is 4.74 Å². The van der Waals surface area contributed by atoms with Crippen molar-refractivity contribution in [1.82, 2.24) is 24.8 Å². The van der Waals surface area contributed by atoms with Gasteiger partial charge in [0.05, 0.1) is 18.4 Å². The van der Waals surface area contributed by atoms with Gasteiger partial charge < -0.3 is 9.72 Å². The van der Waals surface area contributed by atoms with E-state index in [-0.39, 0.29) is 11.7 Å². The van der Waals surface area contributed by atoms with Crippen LogP contribution in [0.5, 0.6) is 11.6 Å². The van der Waals surface area contributed by atoms with Crippen molar-refractivity contribution in [3.8, 4) is 11.6 Å². The lowest BCUT2D eigenvalue weighted by Gasteiger charge is -2.31. The summed E-state index contributed by atoms with van der Waals surface area (Å²) in [5.41, 5.74) is 0.878. The van der Waals surface area contributed by atoms with Crippen LogP contribution in [0.2, 0.25) is 0 Å². The molecule has 2 aromatic heterocycles. The summed E-state index contributed by atoms with van der Waals surface area (Å²) in [5, 5.41) is 0. The van der Waals surface area contributed by atoms with Crippen LogP contribution < -0.4 is 4.74 Å². The second kappa shape index (κ2) is 7.61. The maximum absolute atomic E-state index is 13.8. The van der Waals surface area contributed by atoms with E-state index >= 15 is 0 Å². The monoisotopic (exact) mass is 353 g/mol. The Labute approximate surface area is 151 Å². The molecule has 1 N–H and O–H groups in total. The maximum atomic E-state index is 13.8. The van der Waals surface area contributed by atoms with Crippen LogP contribution in [0.3, 0.4) is 0 Å². The Morgan fingerprint density at radius 1 is 1.27 bits per heavy atom. The zero-order valence-corrected chi connectivity index (χ0v) is 14.3. The van der Waals surface area contributed by atoms with Gasteiger partial charge in [0.2, 0.25) is 5.88 Å². The normalized spacial score (nSPS) is 18.0. The third-order valence-electron chi connectivity index (χ3n) is 4.53. The van der Waals surface area contributed by atoms with Gasteiger partial charge in [0.25, 0.3) is 0 Å². The van der Waals surface area contributed by atoms with Gasteiger partial charge in [-0.3, -0.25) is 9.88 Å². The minimum absolute atomic E-state index is 0.155. The first kappa shape index (κ1) is 16.7. The molecule has 3 heterocycles. The Morgan fingerprint density at radius 3 is 3.04 bits per heavy atom. The highest BCUT2D eigenvalue weighted by atomic mass is 19.1. The molecule has 1 atom stereocenters. The fraction of sp³-hybridized carbons (Fsp3) is 0.316. The fourth-order valence-corrected chi connectivity index (χ4v) is 3.29. The van der Waals surface area contributed by atoms with Crippen molar-refractivity contribution < 1.29 is 9.13 Å². The topological polar surface area (TPSA) is 66.9 Å². The summed E-state index contributed by atoms with van der Waals surface area (Å²) in [4.78, 5) is 18.6. The number of para-hydroxylation sites is 1. The Bertz CT molecular complexity index is 855. The van der Waals surface area contributed by atoms with Gasteiger partial charge in [0.1, 0.15) is 5.82 Å². The van der Waals surface area contributed by atoms with Crippen LogP contribution in [0, 0.1) is 5.82 Å². The van der Waals surface area contributed by atoms with Crippen LogP contribution in [-0.2, 0) is 6.54 Å². The van der Waals surface area contributed by atoms with Crippen LogP contribution in [0.15, 0.2) is 49.1 Å². The number of aromatic amines is 1. The van der Waals surface area contributed by atoms with Crippen LogP contribution in [-0.4, -0.2) is 37.9 Å². The Kier molecular flexibility index (Phi) is 4.88. The SMILES string of the molecule is Fc1ccccc1Oc1cncc(C2CCCN(Cc3ncc[nH]3)C2)n1. The number of halogens is 1. The van der Waals surface area contributed by atoms with E-state index in [2.05, 4.69) is 24.8 Å². The van der Waals surface area contributed by atoms with Crippen LogP contribution in [0.4, 0.5) is 4.39 Å². The molecule has 1 aliphatic heterocycles. The number of nitrogens with zero attached hydrogens (tertiary/aromatic N) is 4. The van der Waals surface area contributed by atoms with E-state index < -0.39 is 5.82 Å². The van der Waals surface area contributed by atoms with Gasteiger partial charge in [0.15, 0.2) is 11.6 Å². The van der Waals surface area contributed by atoms with Gasteiger partial charge in [0, 0.05) is 31.1 Å². The van der Waals surface area contributed by atoms with Crippen LogP contribution in [0.25, 0.3) is 0 Å². The van der Waals surface area contributed by atoms with Gasteiger partial charge in [-0.2, -0.15) is 0 Å². The van der Waals surface area contributed by atoms with Gasteiger partial charge in [-0.1, -0.05) is 12.1 Å². The van der Waals surface area contributed by atoms with Crippen molar-refractivity contribution >= 4 is 0 Å². The number of likely N-dealkylation sites (tertiary alicyclic amines) is 1. The molecule has 0 saturated carbocycles. The molecule has 6 nitrogen and oxygen atoms in total. The predicted octanol–water partition coefficient (Wildman–Crippen LogP) is 3.51. The molecule has 1 fully saturated rings. The summed E-state index contributed by atoms with van der Waals surface area (Å²) < 4.78 is 19.3. The van der Waals surface area contributed by atoms with Gasteiger partial charge >= 0.3 is 0 Å². The van der Waals surface area contributed by atoms with E-state index in [1.54, 1.807) is 30.6 Å². The van der Waals surface area contributed by atoms with Crippen molar-refractivity contribution in [1.29, 1.82) is 0 Å². The molecule has 0 amide bonds. The number of benzene rings is 1. The molecule has 4 rings (SSSR count). The molecule has 1 unspecified atom stereocenters. The van der Waals surface area contributed by atoms with E-state index in [0.717, 1.165) is 44.0 Å². The smallest absolute Gasteiger partial charge is 0.238 e. The number of rotatable bonds is 5. The molecule has 3 aromatic rings. The summed E-state index contributed by atoms with van der Waals surface area (Å²) in [6, 6.07) is 6.29. The van der Waals surface area contributed by atoms with Gasteiger partial charge in [-0.15, -0.1) is 0 Å². The zero-order valence-electron chi connectivity index (χ0n) is 14.3. The van der Waals surface area contributed by atoms with Gasteiger partial charge in [-0.25, -0.2) is 14.4 Å². The first-order valence-corrected chi connectivity index (χ1v) is 8.73. The minimum Gasteiger partial charge on any atom is -0.434 e. The van der Waals surface area contributed by atoms with Crippen molar-refractivity contribution in [2.24, 2.45) is 0 Å². The summed E-state index contributed by atoms with van der Waals surface area (Å²) in [6.45, 7) is 2.72. The first-order valence-electron chi connectivity index (χ1n) is 8.73. The lowest BCUT2D eigenvalue weighted by molar-refractivity contribution is 0.194. The van der Waals surface area contributed by atoms with Crippen molar-refractivity contribution in [3.05, 3.63) is 66.4 Å². The lowest BCUT2D eigenvalue weighted by Crippen LogP contribution is -2.34. The highest BCUT2D eigenvalue weighted by Gasteiger charge is 2.23. The number of imidazole rings is 1. The highest BCUT2D eigenvalue weighted by molar-refractivity contribution is 5.28. The van der Waals surface area contributed by atoms with Crippen molar-refractivity contribution in [2.75, 3.05) is 13.1 Å². The van der Waals surface area contributed by atoms with E-state index in [9.17, 15) is 4.39 Å². The van der Waals surface area contributed by atoms with Crippen LogP contribution >= 0.6 is 0 Å². The highest BCUT2D eigenvalue weighted by Crippen LogP contribution is 2.28. The minimum atomic E-state index is -0.415. The Morgan fingerprint density at radius 2 is 2.19 bits per heavy atom. The fourth-order valence-electron chi connectivity index (χ4n) is 3.29. The number of nitrogens with one attached hydrogen (secondary N) is 1. The number of ether oxygens (including phenoxy) is 1. The summed E-state index contributed by atoms with van der Waals surface area (Å²) in [7, 11) is 0. The van der Waals surface area contributed by atoms with Crippen molar-refractivity contribution in [3.63, 3.8) is 0 Å². The summed E-state index contributed by atoms with van der Waals surface area (Å²) >= 11 is 0. The van der Waals surface area contributed by atoms with Crippen molar-refractivity contribution in [2.45, 2.75) is 25.3 Å². The number of hydrogen-bond acceptors (Lipinski definition) is 5. The average Bonchev–Trinajstić information content (AvgIpc) is 3.17. The summed E-state index contributed by atoms with van der Waals surface area (Å²) in [6.07, 6.45) is 9.03. The first-order chi connectivity index (χ1) is 12.8. The van der Waals surface area contributed by atoms with E-state index in [0.29, 0.717) is 5.88 Å². The average molecular weight is 353 g/mol. The quantitative estimate of drug-likeness (QED) is 0.760. The molecular weight excluding hydrogens is 333 g/mol. The molecular formula is C19H20FN5O. The molecule has 1 aromatic carbocycles. The number of piperidine rings is 1. The van der Waals surface area contributed by atoms with Crippen LogP contribution in [0.1, 0.15) is 30.3 Å². The van der Waals surface area contributed by atoms with E-state index in [1.807, 2.05) is 6.20 Å². The summed E-state index contributed by atoms with van der Waals surface area (Å²) in [5.74, 6) is 1.29. The second-order valence-corrected chi connectivity index (χ2v) is 6.42. The molecule has 0 aliphatic carbocycles. The third kappa shape index (κ3) is 3.88. The molecule has 1 aliphatic rings. The molecule has 0 radical (unpaired) electrons. The molecule has 7 heteroatoms. The molecule has 134 valence electrons. The number of hydrogen-bond donors (Lipinski definition) is 1. The molecule has 1 saturated heterocycles. The maximum Gasteiger partial charge on any atom is 0.238 e. The van der Waals surface area contributed by atoms with E-state index in [1.165, 1.54) is 12.3 Å². The molecule has 26 heavy (non-hydrogen) atoms. The Hall–Kier alpha value is -2.80. The molecule has 0 bridgehead atoms. The van der Waals surface area contributed by atoms with Gasteiger partial charge in [-0.05, 0) is 31.5 Å². The second-order valence-electron chi connectivity index (χ2n) is 6.42. The Balaban J connectivity index is 1.46. The zero-order chi connectivity index (χ0) is 17.8. The molecule has 0 spiro atoms. The largest absolute Gasteiger partial charge is 0.434 e. The number of aromatic nitrogens is 4. The third-order valence-corrected chi connectivity index (χ3v) is 4.53. The lowest BCUT2D eigenvalue weighted by atomic mass is 9.95. The standard InChI is InChI=1S/C19H20FN5O/c20-15-5-1-2-6-17(15)26-19-11-21-10-16(24-19)14-4-3-9-25(12-14)13-18-22-7-8-23-18/h1-2,5-8,10-11,14H,3-4,9,12-13H2,(H,22,23). The number of H-pyrrole nitrogens is 1.